The third-order valence-corrected chi connectivity index (χ3v) is 3.95. The highest BCUT2D eigenvalue weighted by Gasteiger charge is 2.58. The van der Waals surface area contributed by atoms with Crippen LogP contribution in [-0.2, 0) is 16.0 Å². The van der Waals surface area contributed by atoms with E-state index in [9.17, 15) is 15.2 Å². The summed E-state index contributed by atoms with van der Waals surface area (Å²) in [5.41, 5.74) is 9.15. The second-order valence-corrected chi connectivity index (χ2v) is 5.69. The quantitative estimate of drug-likeness (QED) is 0.0816. The molecule has 0 fully saturated rings. The van der Waals surface area contributed by atoms with Crippen molar-refractivity contribution < 1.29 is 29.7 Å². The van der Waals surface area contributed by atoms with Gasteiger partial charge in [-0.05, 0) is 24.9 Å². The molecule has 0 aromatic heterocycles. The van der Waals surface area contributed by atoms with Crippen LogP contribution in [0.5, 0.6) is 0 Å². The average Bonchev–Trinajstić information content (AvgIpc) is 2.73. The van der Waals surface area contributed by atoms with E-state index in [-0.39, 0.29) is 13.0 Å². The number of nitrogens with zero attached hydrogens (tertiary/aromatic N) is 5. The summed E-state index contributed by atoms with van der Waals surface area (Å²) < 4.78 is 4.64. The number of esters is 1. The van der Waals surface area contributed by atoms with Crippen LogP contribution in [0, 0.1) is 10.4 Å². The summed E-state index contributed by atoms with van der Waals surface area (Å²) in [4.78, 5) is 15.0. The van der Waals surface area contributed by atoms with Gasteiger partial charge in [-0.1, -0.05) is 30.3 Å². The van der Waals surface area contributed by atoms with Crippen LogP contribution in [0.2, 0.25) is 0 Å². The molecule has 0 saturated carbocycles. The van der Waals surface area contributed by atoms with Gasteiger partial charge in [-0.15, -0.1) is 0 Å². The smallest absolute Gasteiger partial charge is 0.485 e. The van der Waals surface area contributed by atoms with E-state index in [4.69, 9.17) is 21.9 Å². The Morgan fingerprint density at radius 3 is 2.29 bits per heavy atom. The minimum absolute atomic E-state index is 0.121. The zero-order chi connectivity index (χ0) is 21.2. The Morgan fingerprint density at radius 2 is 1.82 bits per heavy atom. The lowest BCUT2D eigenvalue weighted by atomic mass is 9.99. The van der Waals surface area contributed by atoms with Crippen LogP contribution in [0.25, 0.3) is 0 Å². The van der Waals surface area contributed by atoms with Crippen LogP contribution in [0.3, 0.4) is 0 Å². The van der Waals surface area contributed by atoms with E-state index in [1.807, 2.05) is 0 Å². The molecule has 154 valence electrons. The van der Waals surface area contributed by atoms with Gasteiger partial charge in [0, 0.05) is 9.72 Å². The van der Waals surface area contributed by atoms with Gasteiger partial charge in [-0.2, -0.15) is 0 Å². The van der Waals surface area contributed by atoms with Crippen LogP contribution in [-0.4, -0.2) is 57.3 Å². The first-order valence-electron chi connectivity index (χ1n) is 8.17. The van der Waals surface area contributed by atoms with Gasteiger partial charge in [0.15, 0.2) is 0 Å². The number of hydroxylamine groups is 2. The van der Waals surface area contributed by atoms with E-state index in [2.05, 4.69) is 20.3 Å². The highest BCUT2D eigenvalue weighted by atomic mass is 16.6. The molecule has 0 amide bonds. The van der Waals surface area contributed by atoms with Gasteiger partial charge in [-0.25, -0.2) is 9.79 Å². The van der Waals surface area contributed by atoms with E-state index in [1.165, 1.54) is 0 Å². The Bertz CT molecular complexity index is 720. The number of benzene rings is 1. The number of hydrogen-bond donors (Lipinski definition) is 4. The Kier molecular flexibility index (Phi) is 8.55. The maximum Gasteiger partial charge on any atom is 0.485 e. The molecule has 1 aromatic rings. The van der Waals surface area contributed by atoms with Crippen molar-refractivity contribution in [3.05, 3.63) is 46.3 Å². The van der Waals surface area contributed by atoms with E-state index < -0.39 is 39.7 Å². The second kappa shape index (κ2) is 10.6. The number of carbonyl (C=O) groups is 1. The summed E-state index contributed by atoms with van der Waals surface area (Å²) >= 11 is 0. The second-order valence-electron chi connectivity index (χ2n) is 5.69. The van der Waals surface area contributed by atoms with Crippen LogP contribution in [0.15, 0.2) is 45.9 Å². The molecule has 6 N–H and O–H groups in total. The first-order chi connectivity index (χ1) is 13.4. The van der Waals surface area contributed by atoms with Crippen molar-refractivity contribution in [2.75, 3.05) is 13.7 Å². The maximum atomic E-state index is 12.3. The lowest BCUT2D eigenvalue weighted by Gasteiger charge is -2.23. The van der Waals surface area contributed by atoms with Crippen molar-refractivity contribution in [2.45, 2.75) is 31.0 Å². The molecule has 1 unspecified atom stereocenters. The summed E-state index contributed by atoms with van der Waals surface area (Å²) in [5, 5.41) is 47.5. The first-order valence-corrected chi connectivity index (χ1v) is 8.17. The summed E-state index contributed by atoms with van der Waals surface area (Å²) in [6.07, 6.45) is 0.0176. The fourth-order valence-electron chi connectivity index (χ4n) is 2.48. The molecule has 0 saturated heterocycles. The normalized spacial score (nSPS) is 16.3. The predicted molar refractivity (Wildman–Crippen MR) is 94.3 cm³/mol. The summed E-state index contributed by atoms with van der Waals surface area (Å²) in [5.74, 6) is -1.49. The number of carbonyl (C=O) groups excluding carboxylic acids is 1. The highest BCUT2D eigenvalue weighted by molar-refractivity contribution is 5.90. The average molecular weight is 397 g/mol. The van der Waals surface area contributed by atoms with Crippen LogP contribution >= 0.6 is 0 Å². The van der Waals surface area contributed by atoms with E-state index in [0.717, 1.165) is 7.11 Å². The lowest BCUT2D eigenvalue weighted by molar-refractivity contribution is -0.823. The van der Waals surface area contributed by atoms with Crippen molar-refractivity contribution in [1.29, 1.82) is 0 Å². The molecule has 0 bridgehead atoms. The van der Waals surface area contributed by atoms with Gasteiger partial charge in [-0.3, -0.25) is 0 Å². The van der Waals surface area contributed by atoms with E-state index in [0.29, 0.717) is 12.0 Å². The zero-order valence-corrected chi connectivity index (χ0v) is 15.2. The molecule has 0 aliphatic carbocycles. The molecule has 1 rings (SSSR count). The summed E-state index contributed by atoms with van der Waals surface area (Å²) in [6.45, 7) is 0.247. The molecule has 13 heteroatoms. The van der Waals surface area contributed by atoms with Gasteiger partial charge in [0.25, 0.3) is 5.84 Å². The molecule has 13 nitrogen and oxygen atoms in total. The highest BCUT2D eigenvalue weighted by Crippen LogP contribution is 2.22. The largest absolute Gasteiger partial charge is 0.592 e. The molecule has 0 aliphatic heterocycles. The van der Waals surface area contributed by atoms with Gasteiger partial charge in [0.1, 0.15) is 12.5 Å². The zero-order valence-electron chi connectivity index (χ0n) is 15.2. The third kappa shape index (κ3) is 5.03. The standard InChI is InChI=1S/C15H23N7O6/c1-28-13(23)12(8-5-9-16)18-14(17)15(21(26)19-24,22(27)20-25)10-11-6-3-2-4-7-11/h2-4,6-7,12,24-25H,5,8-10,16H2,1H3,(H2,17,18). The number of ether oxygens (including phenoxy) is 1. The number of rotatable bonds is 10. The first kappa shape index (κ1) is 22.6. The molecule has 0 heterocycles. The monoisotopic (exact) mass is 397 g/mol. The molecule has 1 aromatic carbocycles. The number of aliphatic imine (C=N–C) groups is 1. The fraction of sp³-hybridized carbons (Fsp3) is 0.467. The van der Waals surface area contributed by atoms with Crippen molar-refractivity contribution in [3.63, 3.8) is 0 Å². The fourth-order valence-corrected chi connectivity index (χ4v) is 2.48. The molecule has 0 radical (unpaired) electrons. The number of nitrogens with two attached hydrogens (primary N) is 2. The number of amidine groups is 1. The van der Waals surface area contributed by atoms with Gasteiger partial charge in [0.2, 0.25) is 10.6 Å². The minimum Gasteiger partial charge on any atom is -0.592 e. The Hall–Kier alpha value is -3.48. The van der Waals surface area contributed by atoms with Crippen molar-refractivity contribution in [2.24, 2.45) is 27.0 Å². The maximum absolute atomic E-state index is 12.3. The van der Waals surface area contributed by atoms with Crippen molar-refractivity contribution >= 4 is 11.8 Å². The topological polar surface area (TPSA) is 208 Å². The van der Waals surface area contributed by atoms with Gasteiger partial charge >= 0.3 is 11.6 Å². The van der Waals surface area contributed by atoms with Crippen LogP contribution in [0.4, 0.5) is 0 Å². The minimum atomic E-state index is -2.60. The number of methoxy groups -OCH3 is 1. The Labute approximate surface area is 160 Å². The van der Waals surface area contributed by atoms with Crippen LogP contribution in [0.1, 0.15) is 18.4 Å². The SMILES string of the molecule is COC(=O)C(CCCN)N=C(N)C(Cc1ccccc1)([N+]([O-])=NO)[N+]([O-])=NO. The molecule has 0 aliphatic rings. The number of hydrogen-bond acceptors (Lipinski definition) is 8. The third-order valence-electron chi connectivity index (χ3n) is 3.95. The van der Waals surface area contributed by atoms with E-state index >= 15 is 0 Å². The summed E-state index contributed by atoms with van der Waals surface area (Å²) in [6, 6.07) is 6.89. The van der Waals surface area contributed by atoms with Gasteiger partial charge < -0.3 is 37.0 Å². The Balaban J connectivity index is 3.56. The molecular formula is C15H23N7O6. The molecule has 0 spiro atoms. The molecular weight excluding hydrogens is 374 g/mol. The van der Waals surface area contributed by atoms with Crippen molar-refractivity contribution in [3.8, 4) is 0 Å². The van der Waals surface area contributed by atoms with Gasteiger partial charge in [0.05, 0.1) is 7.11 Å². The predicted octanol–water partition coefficient (Wildman–Crippen LogP) is 0.267. The molecule has 1 atom stereocenters. The molecule has 28 heavy (non-hydrogen) atoms. The van der Waals surface area contributed by atoms with Crippen molar-refractivity contribution in [1.82, 2.24) is 0 Å². The summed E-state index contributed by atoms with van der Waals surface area (Å²) in [7, 11) is 1.13. The lowest BCUT2D eigenvalue weighted by Crippen LogP contribution is -2.59. The van der Waals surface area contributed by atoms with Crippen LogP contribution < -0.4 is 11.5 Å². The van der Waals surface area contributed by atoms with E-state index in [1.54, 1.807) is 30.3 Å². The Morgan fingerprint density at radius 1 is 1.25 bits per heavy atom.